The van der Waals surface area contributed by atoms with E-state index < -0.39 is 5.41 Å². The molecule has 4 heteroatoms. The molecule has 1 rings (SSSR count). The van der Waals surface area contributed by atoms with Gasteiger partial charge in [0.1, 0.15) is 5.41 Å². The fourth-order valence-corrected chi connectivity index (χ4v) is 2.38. The molecule has 0 saturated heterocycles. The molecule has 17 heavy (non-hydrogen) atoms. The topological polar surface area (TPSA) is 56.1 Å². The summed E-state index contributed by atoms with van der Waals surface area (Å²) in [6, 6.07) is 2.18. The first-order chi connectivity index (χ1) is 8.00. The highest BCUT2D eigenvalue weighted by Crippen LogP contribution is 2.44. The molecule has 0 aromatic heterocycles. The first-order valence-electron chi connectivity index (χ1n) is 6.34. The van der Waals surface area contributed by atoms with Crippen molar-refractivity contribution in [3.8, 4) is 6.07 Å². The summed E-state index contributed by atoms with van der Waals surface area (Å²) < 4.78 is 0. The van der Waals surface area contributed by atoms with Crippen molar-refractivity contribution in [2.24, 2.45) is 11.3 Å². The number of hydrogen-bond donors (Lipinski definition) is 1. The summed E-state index contributed by atoms with van der Waals surface area (Å²) in [5.74, 6) is 0.442. The highest BCUT2D eigenvalue weighted by atomic mass is 16.2. The number of unbranched alkanes of at least 4 members (excludes halogenated alkanes) is 1. The Kier molecular flexibility index (Phi) is 4.95. The maximum atomic E-state index is 11.9. The van der Waals surface area contributed by atoms with Crippen LogP contribution in [-0.4, -0.2) is 38.0 Å². The van der Waals surface area contributed by atoms with E-state index in [1.165, 1.54) is 0 Å². The Morgan fingerprint density at radius 1 is 1.47 bits per heavy atom. The molecular formula is C13H23N3O. The minimum absolute atomic E-state index is 0.0667. The Morgan fingerprint density at radius 2 is 2.12 bits per heavy atom. The monoisotopic (exact) mass is 237 g/mol. The van der Waals surface area contributed by atoms with Crippen molar-refractivity contribution in [1.29, 1.82) is 5.26 Å². The summed E-state index contributed by atoms with van der Waals surface area (Å²) in [7, 11) is 4.08. The predicted octanol–water partition coefficient (Wildman–Crippen LogP) is 1.38. The van der Waals surface area contributed by atoms with Crippen molar-refractivity contribution in [3.05, 3.63) is 0 Å². The van der Waals surface area contributed by atoms with Crippen molar-refractivity contribution < 1.29 is 4.79 Å². The molecule has 1 aliphatic rings. The molecule has 0 aromatic rings. The van der Waals surface area contributed by atoms with Gasteiger partial charge in [-0.2, -0.15) is 5.26 Å². The van der Waals surface area contributed by atoms with Gasteiger partial charge in [0.05, 0.1) is 6.07 Å². The summed E-state index contributed by atoms with van der Waals surface area (Å²) >= 11 is 0. The van der Waals surface area contributed by atoms with E-state index in [-0.39, 0.29) is 5.91 Å². The van der Waals surface area contributed by atoms with Gasteiger partial charge in [-0.3, -0.25) is 4.79 Å². The largest absolute Gasteiger partial charge is 0.355 e. The van der Waals surface area contributed by atoms with Crippen LogP contribution in [0.15, 0.2) is 0 Å². The van der Waals surface area contributed by atoms with Gasteiger partial charge in [0.25, 0.3) is 0 Å². The molecule has 1 amide bonds. The highest BCUT2D eigenvalue weighted by Gasteiger charge is 2.48. The molecule has 0 spiro atoms. The zero-order valence-electron chi connectivity index (χ0n) is 11.1. The Morgan fingerprint density at radius 3 is 2.59 bits per heavy atom. The summed E-state index contributed by atoms with van der Waals surface area (Å²) in [5, 5.41) is 12.0. The van der Waals surface area contributed by atoms with E-state index >= 15 is 0 Å². The van der Waals surface area contributed by atoms with Gasteiger partial charge < -0.3 is 10.2 Å². The summed E-state index contributed by atoms with van der Waals surface area (Å²) in [6.45, 7) is 3.81. The first-order valence-corrected chi connectivity index (χ1v) is 6.34. The fourth-order valence-electron chi connectivity index (χ4n) is 2.38. The van der Waals surface area contributed by atoms with Crippen molar-refractivity contribution in [2.45, 2.75) is 32.6 Å². The van der Waals surface area contributed by atoms with Crippen LogP contribution < -0.4 is 5.32 Å². The average molecular weight is 237 g/mol. The van der Waals surface area contributed by atoms with Gasteiger partial charge in [0.15, 0.2) is 0 Å². The maximum Gasteiger partial charge on any atom is 0.240 e. The summed E-state index contributed by atoms with van der Waals surface area (Å²) in [6.07, 6.45) is 3.48. The number of rotatable bonds is 6. The van der Waals surface area contributed by atoms with Gasteiger partial charge in [-0.15, -0.1) is 0 Å². The minimum atomic E-state index is -0.721. The van der Waals surface area contributed by atoms with Crippen molar-refractivity contribution in [2.75, 3.05) is 27.2 Å². The third-order valence-corrected chi connectivity index (χ3v) is 3.36. The second-order valence-electron chi connectivity index (χ2n) is 5.47. The van der Waals surface area contributed by atoms with Crippen molar-refractivity contribution in [1.82, 2.24) is 10.2 Å². The van der Waals surface area contributed by atoms with Crippen LogP contribution in [0.3, 0.4) is 0 Å². The normalized spacial score (nSPS) is 27.4. The third-order valence-electron chi connectivity index (χ3n) is 3.36. The molecule has 0 unspecified atom stereocenters. The number of carbonyl (C=O) groups is 1. The second-order valence-corrected chi connectivity index (χ2v) is 5.47. The van der Waals surface area contributed by atoms with Crippen LogP contribution in [0.5, 0.6) is 0 Å². The Balaban J connectivity index is 2.19. The van der Waals surface area contributed by atoms with Gasteiger partial charge in [-0.25, -0.2) is 0 Å². The van der Waals surface area contributed by atoms with Crippen LogP contribution in [0, 0.1) is 22.7 Å². The molecule has 1 saturated carbocycles. The molecule has 1 N–H and O–H groups in total. The lowest BCUT2D eigenvalue weighted by molar-refractivity contribution is -0.133. The Bertz CT molecular complexity index is 300. The Hall–Kier alpha value is -1.08. The molecule has 0 radical (unpaired) electrons. The maximum absolute atomic E-state index is 11.9. The van der Waals surface area contributed by atoms with Gasteiger partial charge in [0.2, 0.25) is 5.91 Å². The zero-order valence-corrected chi connectivity index (χ0v) is 11.1. The number of amides is 1. The average Bonchev–Trinajstić information content (AvgIpc) is 2.23. The van der Waals surface area contributed by atoms with E-state index in [4.69, 9.17) is 5.26 Å². The van der Waals surface area contributed by atoms with Crippen LogP contribution in [-0.2, 0) is 4.79 Å². The van der Waals surface area contributed by atoms with Gasteiger partial charge in [-0.05, 0) is 52.2 Å². The van der Waals surface area contributed by atoms with E-state index in [0.29, 0.717) is 25.3 Å². The number of nitrogens with one attached hydrogen (secondary N) is 1. The van der Waals surface area contributed by atoms with Gasteiger partial charge in [-0.1, -0.05) is 6.92 Å². The molecule has 96 valence electrons. The molecule has 4 nitrogen and oxygen atoms in total. The van der Waals surface area contributed by atoms with Crippen LogP contribution in [0.1, 0.15) is 32.6 Å². The standard InChI is InChI=1S/C13H23N3O/c1-11-8-13(9-11,10-14)12(17)15-6-4-5-7-16(2)3/h11H,4-9H2,1-3H3,(H,15,17). The third kappa shape index (κ3) is 3.71. The summed E-state index contributed by atoms with van der Waals surface area (Å²) in [5.41, 5.74) is -0.721. The SMILES string of the molecule is CC1CC(C#N)(C(=O)NCCCCN(C)C)C1. The number of carbonyl (C=O) groups excluding carboxylic acids is 1. The highest BCUT2D eigenvalue weighted by molar-refractivity contribution is 5.86. The predicted molar refractivity (Wildman–Crippen MR) is 67.2 cm³/mol. The smallest absolute Gasteiger partial charge is 0.240 e. The molecule has 0 aromatic carbocycles. The van der Waals surface area contributed by atoms with Crippen LogP contribution >= 0.6 is 0 Å². The molecular weight excluding hydrogens is 214 g/mol. The Labute approximate surface area is 104 Å². The van der Waals surface area contributed by atoms with Gasteiger partial charge in [0, 0.05) is 6.54 Å². The quantitative estimate of drug-likeness (QED) is 0.710. The summed E-state index contributed by atoms with van der Waals surface area (Å²) in [4.78, 5) is 14.0. The molecule has 0 bridgehead atoms. The van der Waals surface area contributed by atoms with E-state index in [9.17, 15) is 4.79 Å². The lowest BCUT2D eigenvalue weighted by Crippen LogP contribution is -2.48. The van der Waals surface area contributed by atoms with Crippen molar-refractivity contribution >= 4 is 5.91 Å². The van der Waals surface area contributed by atoms with Crippen LogP contribution in [0.25, 0.3) is 0 Å². The zero-order chi connectivity index (χ0) is 12.9. The van der Waals surface area contributed by atoms with Crippen LogP contribution in [0.4, 0.5) is 0 Å². The van der Waals surface area contributed by atoms with Crippen molar-refractivity contribution in [3.63, 3.8) is 0 Å². The molecule has 0 heterocycles. The second kappa shape index (κ2) is 6.02. The fraction of sp³-hybridized carbons (Fsp3) is 0.846. The molecule has 0 atom stereocenters. The molecule has 0 aliphatic heterocycles. The number of hydrogen-bond acceptors (Lipinski definition) is 3. The van der Waals surface area contributed by atoms with E-state index in [2.05, 4.69) is 23.2 Å². The molecule has 1 fully saturated rings. The van der Waals surface area contributed by atoms with E-state index in [1.54, 1.807) is 0 Å². The number of nitriles is 1. The minimum Gasteiger partial charge on any atom is -0.355 e. The lowest BCUT2D eigenvalue weighted by atomic mass is 9.63. The lowest BCUT2D eigenvalue weighted by Gasteiger charge is -2.39. The number of nitrogens with zero attached hydrogens (tertiary/aromatic N) is 2. The van der Waals surface area contributed by atoms with E-state index in [1.807, 2.05) is 14.1 Å². The first kappa shape index (κ1) is 14.0. The van der Waals surface area contributed by atoms with Gasteiger partial charge >= 0.3 is 0 Å². The molecule has 1 aliphatic carbocycles. The van der Waals surface area contributed by atoms with E-state index in [0.717, 1.165) is 19.4 Å². The van der Waals surface area contributed by atoms with Crippen LogP contribution in [0.2, 0.25) is 0 Å².